The molecule has 0 spiro atoms. The molecule has 2 fully saturated rings. The zero-order valence-corrected chi connectivity index (χ0v) is 9.64. The molecule has 2 heteroatoms. The fourth-order valence-corrected chi connectivity index (χ4v) is 3.52. The van der Waals surface area contributed by atoms with Gasteiger partial charge < -0.3 is 4.74 Å². The molecule has 0 aromatic carbocycles. The van der Waals surface area contributed by atoms with Gasteiger partial charge in [0.05, 0.1) is 0 Å². The molecule has 0 aromatic rings. The monoisotopic (exact) mass is 216 g/mol. The lowest BCUT2D eigenvalue weighted by atomic mass is 9.67. The minimum atomic E-state index is 0.361. The van der Waals surface area contributed by atoms with E-state index in [4.69, 9.17) is 16.3 Å². The first-order valence-electron chi connectivity index (χ1n) is 6.02. The molecule has 0 N–H and O–H groups in total. The van der Waals surface area contributed by atoms with Crippen LogP contribution >= 0.6 is 11.6 Å². The van der Waals surface area contributed by atoms with Gasteiger partial charge in [0.25, 0.3) is 0 Å². The molecule has 2 atom stereocenters. The van der Waals surface area contributed by atoms with Crippen LogP contribution in [0.25, 0.3) is 0 Å². The molecule has 2 saturated carbocycles. The highest BCUT2D eigenvalue weighted by Crippen LogP contribution is 2.43. The molecule has 0 aromatic heterocycles. The van der Waals surface area contributed by atoms with E-state index in [-0.39, 0.29) is 0 Å². The Bertz CT molecular complexity index is 160. The lowest BCUT2D eigenvalue weighted by Crippen LogP contribution is -2.27. The van der Waals surface area contributed by atoms with Crippen LogP contribution < -0.4 is 0 Å². The Morgan fingerprint density at radius 1 is 1.07 bits per heavy atom. The SMILES string of the molecule is ClCOCCC1CC2CCCC(C2)C1. The quantitative estimate of drug-likeness (QED) is 0.513. The van der Waals surface area contributed by atoms with E-state index in [1.165, 1.54) is 44.9 Å². The fourth-order valence-electron chi connectivity index (χ4n) is 3.41. The summed E-state index contributed by atoms with van der Waals surface area (Å²) >= 11 is 5.49. The molecule has 2 aliphatic carbocycles. The van der Waals surface area contributed by atoms with Crippen LogP contribution in [0.15, 0.2) is 0 Å². The largest absolute Gasteiger partial charge is 0.366 e. The normalized spacial score (nSPS) is 37.1. The van der Waals surface area contributed by atoms with E-state index in [0.29, 0.717) is 6.07 Å². The zero-order chi connectivity index (χ0) is 9.80. The Hall–Kier alpha value is 0.250. The van der Waals surface area contributed by atoms with Gasteiger partial charge in [-0.2, -0.15) is 0 Å². The van der Waals surface area contributed by atoms with Crippen molar-refractivity contribution in [1.82, 2.24) is 0 Å². The Labute approximate surface area is 92.2 Å². The Balaban J connectivity index is 1.72. The first-order chi connectivity index (χ1) is 6.88. The Morgan fingerprint density at radius 3 is 2.43 bits per heavy atom. The number of hydrogen-bond acceptors (Lipinski definition) is 1. The van der Waals surface area contributed by atoms with Crippen molar-refractivity contribution in [3.8, 4) is 0 Å². The fraction of sp³-hybridized carbons (Fsp3) is 1.00. The van der Waals surface area contributed by atoms with Gasteiger partial charge in [-0.25, -0.2) is 0 Å². The van der Waals surface area contributed by atoms with Crippen molar-refractivity contribution in [3.05, 3.63) is 0 Å². The molecular formula is C12H21ClO. The number of hydrogen-bond donors (Lipinski definition) is 0. The van der Waals surface area contributed by atoms with Crippen LogP contribution in [0, 0.1) is 17.8 Å². The van der Waals surface area contributed by atoms with Crippen LogP contribution in [-0.4, -0.2) is 12.7 Å². The van der Waals surface area contributed by atoms with E-state index in [9.17, 15) is 0 Å². The lowest BCUT2D eigenvalue weighted by Gasteiger charge is -2.39. The summed E-state index contributed by atoms with van der Waals surface area (Å²) in [5, 5.41) is 0. The topological polar surface area (TPSA) is 9.23 Å². The first kappa shape index (κ1) is 10.8. The molecule has 1 nitrogen and oxygen atoms in total. The standard InChI is InChI=1S/C12H21ClO/c13-9-14-5-4-12-7-10-2-1-3-11(6-10)8-12/h10-12H,1-9H2. The highest BCUT2D eigenvalue weighted by atomic mass is 35.5. The second-order valence-electron chi connectivity index (χ2n) is 5.04. The lowest BCUT2D eigenvalue weighted by molar-refractivity contribution is 0.0986. The summed E-state index contributed by atoms with van der Waals surface area (Å²) in [6.45, 7) is 0.869. The third kappa shape index (κ3) is 2.87. The number of rotatable bonds is 4. The van der Waals surface area contributed by atoms with Gasteiger partial charge in [0.2, 0.25) is 0 Å². The molecule has 2 aliphatic rings. The first-order valence-corrected chi connectivity index (χ1v) is 6.55. The maximum atomic E-state index is 5.49. The summed E-state index contributed by atoms with van der Waals surface area (Å²) in [4.78, 5) is 0. The molecule has 82 valence electrons. The summed E-state index contributed by atoms with van der Waals surface area (Å²) < 4.78 is 5.22. The Kier molecular flexibility index (Phi) is 4.12. The van der Waals surface area contributed by atoms with Crippen LogP contribution in [0.2, 0.25) is 0 Å². The van der Waals surface area contributed by atoms with E-state index in [2.05, 4.69) is 0 Å². The minimum Gasteiger partial charge on any atom is -0.366 e. The van der Waals surface area contributed by atoms with Gasteiger partial charge in [0, 0.05) is 6.61 Å². The van der Waals surface area contributed by atoms with Crippen molar-refractivity contribution < 1.29 is 4.74 Å². The molecular weight excluding hydrogens is 196 g/mol. The number of alkyl halides is 1. The Morgan fingerprint density at radius 2 is 1.79 bits per heavy atom. The number of fused-ring (bicyclic) bond motifs is 2. The van der Waals surface area contributed by atoms with Crippen LogP contribution in [0.3, 0.4) is 0 Å². The van der Waals surface area contributed by atoms with Gasteiger partial charge in [-0.1, -0.05) is 30.9 Å². The van der Waals surface area contributed by atoms with Crippen molar-refractivity contribution in [1.29, 1.82) is 0 Å². The highest BCUT2D eigenvalue weighted by molar-refractivity contribution is 6.17. The van der Waals surface area contributed by atoms with Crippen LogP contribution in [0.4, 0.5) is 0 Å². The van der Waals surface area contributed by atoms with Crippen LogP contribution in [0.1, 0.15) is 44.9 Å². The van der Waals surface area contributed by atoms with E-state index >= 15 is 0 Å². The molecule has 2 rings (SSSR count). The zero-order valence-electron chi connectivity index (χ0n) is 8.88. The van der Waals surface area contributed by atoms with E-state index in [1.807, 2.05) is 0 Å². The van der Waals surface area contributed by atoms with Crippen molar-refractivity contribution in [2.24, 2.45) is 17.8 Å². The van der Waals surface area contributed by atoms with E-state index in [1.54, 1.807) is 0 Å². The molecule has 2 bridgehead atoms. The second kappa shape index (κ2) is 5.37. The molecule has 2 unspecified atom stereocenters. The third-order valence-corrected chi connectivity index (χ3v) is 4.13. The summed E-state index contributed by atoms with van der Waals surface area (Å²) in [7, 11) is 0. The third-order valence-electron chi connectivity index (χ3n) is 3.97. The van der Waals surface area contributed by atoms with Gasteiger partial charge in [-0.3, -0.25) is 0 Å². The van der Waals surface area contributed by atoms with Gasteiger partial charge in [-0.15, -0.1) is 0 Å². The predicted octanol–water partition coefficient (Wildman–Crippen LogP) is 3.81. The summed E-state index contributed by atoms with van der Waals surface area (Å²) in [5.74, 6) is 3.02. The smallest absolute Gasteiger partial charge is 0.120 e. The van der Waals surface area contributed by atoms with Gasteiger partial charge >= 0.3 is 0 Å². The number of halogens is 1. The molecule has 14 heavy (non-hydrogen) atoms. The minimum absolute atomic E-state index is 0.361. The van der Waals surface area contributed by atoms with Gasteiger partial charge in [0.15, 0.2) is 0 Å². The van der Waals surface area contributed by atoms with Crippen LogP contribution in [0.5, 0.6) is 0 Å². The van der Waals surface area contributed by atoms with E-state index in [0.717, 1.165) is 24.4 Å². The van der Waals surface area contributed by atoms with Gasteiger partial charge in [-0.05, 0) is 43.4 Å². The maximum Gasteiger partial charge on any atom is 0.120 e. The summed E-state index contributed by atoms with van der Waals surface area (Å²) in [6.07, 6.45) is 10.1. The van der Waals surface area contributed by atoms with Crippen molar-refractivity contribution in [2.75, 3.05) is 12.7 Å². The number of ether oxygens (including phenoxy) is 1. The summed E-state index contributed by atoms with van der Waals surface area (Å²) in [6, 6.07) is 0.361. The van der Waals surface area contributed by atoms with E-state index < -0.39 is 0 Å². The maximum absolute atomic E-state index is 5.49. The molecule has 0 amide bonds. The molecule has 0 saturated heterocycles. The van der Waals surface area contributed by atoms with Crippen molar-refractivity contribution in [2.45, 2.75) is 44.9 Å². The average molecular weight is 217 g/mol. The molecule has 0 heterocycles. The molecule has 0 radical (unpaired) electrons. The highest BCUT2D eigenvalue weighted by Gasteiger charge is 2.31. The van der Waals surface area contributed by atoms with Gasteiger partial charge in [0.1, 0.15) is 6.07 Å². The summed E-state index contributed by atoms with van der Waals surface area (Å²) in [5.41, 5.74) is 0. The average Bonchev–Trinajstić information content (AvgIpc) is 2.18. The van der Waals surface area contributed by atoms with Crippen molar-refractivity contribution >= 4 is 11.6 Å². The van der Waals surface area contributed by atoms with Crippen molar-refractivity contribution in [3.63, 3.8) is 0 Å². The van der Waals surface area contributed by atoms with Crippen LogP contribution in [-0.2, 0) is 4.74 Å². The second-order valence-corrected chi connectivity index (χ2v) is 5.26. The molecule has 0 aliphatic heterocycles. The predicted molar refractivity (Wildman–Crippen MR) is 59.5 cm³/mol.